The van der Waals surface area contributed by atoms with Crippen molar-refractivity contribution in [2.24, 2.45) is 23.7 Å². The fourth-order valence-electron chi connectivity index (χ4n) is 5.21. The Morgan fingerprint density at radius 2 is 1.27 bits per heavy atom. The van der Waals surface area contributed by atoms with Crippen LogP contribution < -0.4 is 0 Å². The van der Waals surface area contributed by atoms with Crippen molar-refractivity contribution in [3.05, 3.63) is 0 Å². The summed E-state index contributed by atoms with van der Waals surface area (Å²) in [6.07, 6.45) is 3.99. The molecule has 0 aromatic heterocycles. The smallest absolute Gasteiger partial charge is 0.415 e. The van der Waals surface area contributed by atoms with Crippen LogP contribution in [-0.4, -0.2) is 48.6 Å². The molecule has 170 valence electrons. The Kier molecular flexibility index (Phi) is 6.08. The van der Waals surface area contributed by atoms with E-state index in [0.29, 0.717) is 19.3 Å². The maximum absolute atomic E-state index is 14.3. The van der Waals surface area contributed by atoms with E-state index < -0.39 is 54.5 Å². The number of alkyl halides is 4. The van der Waals surface area contributed by atoms with E-state index in [2.05, 4.69) is 9.47 Å². The lowest BCUT2D eigenvalue weighted by Gasteiger charge is -2.55. The third-order valence-electron chi connectivity index (χ3n) is 6.23. The predicted molar refractivity (Wildman–Crippen MR) is 93.6 cm³/mol. The number of halogens is 4. The van der Waals surface area contributed by atoms with Crippen LogP contribution in [-0.2, 0) is 28.6 Å². The van der Waals surface area contributed by atoms with E-state index in [4.69, 9.17) is 4.74 Å². The zero-order valence-corrected chi connectivity index (χ0v) is 16.9. The van der Waals surface area contributed by atoms with Gasteiger partial charge >= 0.3 is 29.8 Å². The molecule has 0 amide bonds. The zero-order chi connectivity index (χ0) is 22.3. The first kappa shape index (κ1) is 22.8. The first-order chi connectivity index (χ1) is 13.9. The van der Waals surface area contributed by atoms with Gasteiger partial charge in [-0.25, -0.2) is 9.59 Å². The number of rotatable bonds is 8. The summed E-state index contributed by atoms with van der Waals surface area (Å²) in [6, 6.07) is 0. The lowest BCUT2D eigenvalue weighted by atomic mass is 9.54. The van der Waals surface area contributed by atoms with Gasteiger partial charge in [0, 0.05) is 0 Å². The second-order valence-corrected chi connectivity index (χ2v) is 9.10. The van der Waals surface area contributed by atoms with Crippen LogP contribution in [0.1, 0.15) is 52.4 Å². The van der Waals surface area contributed by atoms with Crippen molar-refractivity contribution in [3.8, 4) is 0 Å². The largest absolute Gasteiger partial charge is 0.462 e. The van der Waals surface area contributed by atoms with E-state index in [-0.39, 0.29) is 17.8 Å². The molecule has 4 aliphatic carbocycles. The molecule has 4 aliphatic rings. The molecule has 0 aromatic rings. The lowest BCUT2D eigenvalue weighted by molar-refractivity contribution is -0.253. The number of esters is 3. The molecule has 0 aliphatic heterocycles. The molecule has 0 atom stereocenters. The molecule has 0 radical (unpaired) electrons. The highest BCUT2D eigenvalue weighted by Gasteiger charge is 2.70. The fraction of sp³-hybridized carbons (Fsp3) is 0.850. The predicted octanol–water partition coefficient (Wildman–Crippen LogP) is 3.51. The Morgan fingerprint density at radius 1 is 0.833 bits per heavy atom. The van der Waals surface area contributed by atoms with Crippen molar-refractivity contribution in [1.29, 1.82) is 0 Å². The molecule has 10 heteroatoms. The molecule has 0 aromatic carbocycles. The molecular weight excluding hydrogens is 412 g/mol. The molecule has 4 rings (SSSR count). The van der Waals surface area contributed by atoms with Gasteiger partial charge in [-0.15, -0.1) is 0 Å². The third kappa shape index (κ3) is 4.27. The number of carbonyl (C=O) groups excluding carboxylic acids is 3. The van der Waals surface area contributed by atoms with E-state index in [1.807, 2.05) is 0 Å². The van der Waals surface area contributed by atoms with Crippen LogP contribution in [0.3, 0.4) is 0 Å². The van der Waals surface area contributed by atoms with Crippen LogP contribution >= 0.6 is 0 Å². The van der Waals surface area contributed by atoms with E-state index in [9.17, 15) is 31.9 Å². The summed E-state index contributed by atoms with van der Waals surface area (Å²) < 4.78 is 70.4. The Bertz CT molecular complexity index is 670. The van der Waals surface area contributed by atoms with Crippen LogP contribution in [0.15, 0.2) is 0 Å². The molecule has 6 nitrogen and oxygen atoms in total. The van der Waals surface area contributed by atoms with E-state index in [0.717, 1.165) is 19.3 Å². The van der Waals surface area contributed by atoms with Gasteiger partial charge in [0.25, 0.3) is 0 Å². The highest BCUT2D eigenvalue weighted by atomic mass is 19.3. The normalized spacial score (nSPS) is 30.3. The fourth-order valence-corrected chi connectivity index (χ4v) is 5.21. The average Bonchev–Trinajstić information content (AvgIpc) is 2.62. The van der Waals surface area contributed by atoms with E-state index >= 15 is 0 Å². The van der Waals surface area contributed by atoms with Crippen LogP contribution in [0.2, 0.25) is 0 Å². The number of ether oxygens (including phenoxy) is 3. The summed E-state index contributed by atoms with van der Waals surface area (Å²) in [5.74, 6) is -16.2. The summed E-state index contributed by atoms with van der Waals surface area (Å²) in [5, 5.41) is 0. The Balaban J connectivity index is 1.58. The number of hydrogen-bond donors (Lipinski definition) is 0. The summed E-state index contributed by atoms with van der Waals surface area (Å²) in [5.41, 5.74) is -1.15. The topological polar surface area (TPSA) is 78.9 Å². The monoisotopic (exact) mass is 438 g/mol. The third-order valence-corrected chi connectivity index (χ3v) is 6.23. The van der Waals surface area contributed by atoms with E-state index in [1.165, 1.54) is 13.8 Å². The van der Waals surface area contributed by atoms with Crippen molar-refractivity contribution in [3.63, 3.8) is 0 Å². The Labute approximate surface area is 171 Å². The van der Waals surface area contributed by atoms with Crippen LogP contribution in [0.25, 0.3) is 0 Å². The van der Waals surface area contributed by atoms with Crippen molar-refractivity contribution in [2.45, 2.75) is 69.8 Å². The maximum atomic E-state index is 14.3. The molecule has 0 spiro atoms. The Morgan fingerprint density at radius 3 is 1.73 bits per heavy atom. The van der Waals surface area contributed by atoms with Crippen LogP contribution in [0, 0.1) is 23.7 Å². The van der Waals surface area contributed by atoms with Crippen LogP contribution in [0.4, 0.5) is 17.6 Å². The van der Waals surface area contributed by atoms with Gasteiger partial charge in [-0.3, -0.25) is 4.79 Å². The van der Waals surface area contributed by atoms with Gasteiger partial charge in [0.05, 0.1) is 5.92 Å². The number of carbonyl (C=O) groups is 3. The van der Waals surface area contributed by atoms with Crippen molar-refractivity contribution < 1.29 is 46.2 Å². The molecule has 0 N–H and O–H groups in total. The molecule has 30 heavy (non-hydrogen) atoms. The number of hydrogen-bond acceptors (Lipinski definition) is 6. The minimum absolute atomic E-state index is 0.247. The van der Waals surface area contributed by atoms with Crippen molar-refractivity contribution >= 4 is 17.9 Å². The SMILES string of the molecule is CC(C)C(=O)OCCOC(=O)C(F)(F)C(F)(F)C(=O)OC12CC3CC(CC(C3)C1)C2. The Hall–Kier alpha value is -1.87. The average molecular weight is 438 g/mol. The molecule has 0 heterocycles. The quantitative estimate of drug-likeness (QED) is 0.250. The molecule has 4 bridgehead atoms. The zero-order valence-electron chi connectivity index (χ0n) is 16.9. The van der Waals surface area contributed by atoms with Gasteiger partial charge in [-0.1, -0.05) is 13.8 Å². The summed E-state index contributed by atoms with van der Waals surface area (Å²) >= 11 is 0. The summed E-state index contributed by atoms with van der Waals surface area (Å²) in [4.78, 5) is 34.9. The van der Waals surface area contributed by atoms with Gasteiger partial charge in [0.2, 0.25) is 0 Å². The molecule has 4 fully saturated rings. The van der Waals surface area contributed by atoms with Gasteiger partial charge in [0.1, 0.15) is 18.8 Å². The molecular formula is C20H26F4O6. The second-order valence-electron chi connectivity index (χ2n) is 9.10. The second kappa shape index (κ2) is 8.00. The first-order valence-electron chi connectivity index (χ1n) is 10.2. The van der Waals surface area contributed by atoms with Gasteiger partial charge in [-0.05, 0) is 56.3 Å². The minimum atomic E-state index is -5.41. The van der Waals surface area contributed by atoms with Crippen molar-refractivity contribution in [1.82, 2.24) is 0 Å². The van der Waals surface area contributed by atoms with Crippen LogP contribution in [0.5, 0.6) is 0 Å². The van der Waals surface area contributed by atoms with E-state index in [1.54, 1.807) is 0 Å². The highest BCUT2D eigenvalue weighted by Crippen LogP contribution is 2.57. The summed E-state index contributed by atoms with van der Waals surface area (Å²) in [7, 11) is 0. The summed E-state index contributed by atoms with van der Waals surface area (Å²) in [6.45, 7) is 1.64. The van der Waals surface area contributed by atoms with Gasteiger partial charge in [-0.2, -0.15) is 17.6 Å². The van der Waals surface area contributed by atoms with Gasteiger partial charge < -0.3 is 14.2 Å². The molecule has 4 saturated carbocycles. The van der Waals surface area contributed by atoms with Gasteiger partial charge in [0.15, 0.2) is 0 Å². The highest BCUT2D eigenvalue weighted by molar-refractivity contribution is 5.90. The minimum Gasteiger partial charge on any atom is -0.462 e. The lowest BCUT2D eigenvalue weighted by Crippen LogP contribution is -2.58. The first-order valence-corrected chi connectivity index (χ1v) is 10.2. The van der Waals surface area contributed by atoms with Crippen molar-refractivity contribution in [2.75, 3.05) is 13.2 Å². The maximum Gasteiger partial charge on any atom is 0.415 e. The molecule has 0 saturated heterocycles. The molecule has 0 unspecified atom stereocenters. The standard InChI is InChI=1S/C20H26F4O6/c1-11(2)15(25)28-3-4-29-16(26)19(21,22)20(23,24)17(27)30-18-8-12-5-13(9-18)7-14(6-12)10-18/h11-14H,3-10H2,1-2H3.